The molecule has 0 aliphatic rings. The fraction of sp³-hybridized carbons (Fsp3) is 0.440. The average Bonchev–Trinajstić information content (AvgIpc) is 2.80. The molecule has 0 aliphatic carbocycles. The van der Waals surface area contributed by atoms with Crippen molar-refractivity contribution >= 4 is 39.1 Å². The molecular weight excluding hydrogens is 493 g/mol. The molecule has 0 bridgehead atoms. The van der Waals surface area contributed by atoms with Crippen molar-refractivity contribution in [2.45, 2.75) is 52.1 Å². The molecule has 1 atom stereocenters. The highest BCUT2D eigenvalue weighted by Crippen LogP contribution is 2.23. The highest BCUT2D eigenvalue weighted by molar-refractivity contribution is 7.92. The van der Waals surface area contributed by atoms with Gasteiger partial charge in [0, 0.05) is 31.1 Å². The summed E-state index contributed by atoms with van der Waals surface area (Å²) in [6, 6.07) is 11.6. The lowest BCUT2D eigenvalue weighted by atomic mass is 10.1. The van der Waals surface area contributed by atoms with E-state index in [-0.39, 0.29) is 43.6 Å². The summed E-state index contributed by atoms with van der Waals surface area (Å²) in [7, 11) is -3.60. The Morgan fingerprint density at radius 1 is 1.11 bits per heavy atom. The number of nitrogens with zero attached hydrogens (tertiary/aromatic N) is 2. The summed E-state index contributed by atoms with van der Waals surface area (Å²) in [4.78, 5) is 27.6. The topological polar surface area (TPSA) is 86.8 Å². The number of carbonyl (C=O) groups excluding carboxylic acids is 2. The lowest BCUT2D eigenvalue weighted by molar-refractivity contribution is -0.141. The van der Waals surface area contributed by atoms with Gasteiger partial charge < -0.3 is 10.2 Å². The van der Waals surface area contributed by atoms with Gasteiger partial charge >= 0.3 is 0 Å². The van der Waals surface area contributed by atoms with Crippen LogP contribution < -0.4 is 9.62 Å². The lowest BCUT2D eigenvalue weighted by Crippen LogP contribution is -2.49. The molecule has 2 aromatic rings. The van der Waals surface area contributed by atoms with Crippen molar-refractivity contribution in [3.05, 3.63) is 64.9 Å². The summed E-state index contributed by atoms with van der Waals surface area (Å²) >= 11 is 6.02. The maximum atomic E-state index is 13.4. The first-order valence-corrected chi connectivity index (χ1v) is 13.8. The molecule has 0 heterocycles. The van der Waals surface area contributed by atoms with Crippen LogP contribution in [0, 0.1) is 5.82 Å². The molecule has 2 aromatic carbocycles. The number of sulfonamides is 1. The number of benzene rings is 2. The Balaban J connectivity index is 2.19. The fourth-order valence-electron chi connectivity index (χ4n) is 3.71. The number of halogens is 2. The van der Waals surface area contributed by atoms with E-state index in [1.54, 1.807) is 36.4 Å². The largest absolute Gasteiger partial charge is 0.354 e. The number of hydrogen-bond donors (Lipinski definition) is 1. The Labute approximate surface area is 212 Å². The van der Waals surface area contributed by atoms with E-state index in [1.165, 1.54) is 21.3 Å². The third-order valence-corrected chi connectivity index (χ3v) is 6.88. The van der Waals surface area contributed by atoms with Crippen LogP contribution in [-0.4, -0.2) is 50.5 Å². The van der Waals surface area contributed by atoms with Crippen molar-refractivity contribution in [1.29, 1.82) is 0 Å². The predicted octanol–water partition coefficient (Wildman–Crippen LogP) is 4.36. The maximum absolute atomic E-state index is 13.4. The zero-order valence-electron chi connectivity index (χ0n) is 20.3. The molecule has 0 saturated carbocycles. The van der Waals surface area contributed by atoms with Gasteiger partial charge in [-0.25, -0.2) is 12.8 Å². The van der Waals surface area contributed by atoms with E-state index < -0.39 is 16.1 Å². The minimum Gasteiger partial charge on any atom is -0.354 e. The van der Waals surface area contributed by atoms with Crippen LogP contribution in [0.1, 0.15) is 45.1 Å². The van der Waals surface area contributed by atoms with Gasteiger partial charge in [-0.1, -0.05) is 43.6 Å². The molecule has 192 valence electrons. The van der Waals surface area contributed by atoms with Gasteiger partial charge in [-0.2, -0.15) is 0 Å². The average molecular weight is 526 g/mol. The summed E-state index contributed by atoms with van der Waals surface area (Å²) < 4.78 is 39.3. The third kappa shape index (κ3) is 8.81. The van der Waals surface area contributed by atoms with Gasteiger partial charge in [-0.05, 0) is 55.2 Å². The number of anilines is 1. The van der Waals surface area contributed by atoms with Crippen LogP contribution in [0.4, 0.5) is 10.1 Å². The Morgan fingerprint density at radius 2 is 1.80 bits per heavy atom. The van der Waals surface area contributed by atoms with Gasteiger partial charge in [0.1, 0.15) is 11.9 Å². The molecule has 35 heavy (non-hydrogen) atoms. The second-order valence-corrected chi connectivity index (χ2v) is 10.6. The molecule has 0 radical (unpaired) electrons. The molecule has 7 nitrogen and oxygen atoms in total. The van der Waals surface area contributed by atoms with Crippen LogP contribution in [-0.2, 0) is 26.2 Å². The molecule has 0 aliphatic heterocycles. The highest BCUT2D eigenvalue weighted by atomic mass is 35.5. The van der Waals surface area contributed by atoms with Crippen molar-refractivity contribution in [2.24, 2.45) is 0 Å². The van der Waals surface area contributed by atoms with Gasteiger partial charge in [-0.15, -0.1) is 0 Å². The first kappa shape index (κ1) is 28.6. The molecule has 0 saturated heterocycles. The first-order valence-electron chi connectivity index (χ1n) is 11.6. The summed E-state index contributed by atoms with van der Waals surface area (Å²) in [6.45, 7) is 4.48. The Hall–Kier alpha value is -2.65. The predicted molar refractivity (Wildman–Crippen MR) is 137 cm³/mol. The van der Waals surface area contributed by atoms with Gasteiger partial charge in [-0.3, -0.25) is 13.9 Å². The van der Waals surface area contributed by atoms with Crippen LogP contribution in [0.5, 0.6) is 0 Å². The van der Waals surface area contributed by atoms with Gasteiger partial charge in [0.15, 0.2) is 0 Å². The monoisotopic (exact) mass is 525 g/mol. The number of rotatable bonds is 13. The second-order valence-electron chi connectivity index (χ2n) is 8.28. The Bertz CT molecular complexity index is 1100. The van der Waals surface area contributed by atoms with Crippen LogP contribution in [0.25, 0.3) is 0 Å². The molecule has 2 rings (SSSR count). The Morgan fingerprint density at radius 3 is 2.37 bits per heavy atom. The molecule has 1 N–H and O–H groups in total. The van der Waals surface area contributed by atoms with E-state index in [0.717, 1.165) is 12.7 Å². The minimum absolute atomic E-state index is 0.0331. The quantitative estimate of drug-likeness (QED) is 0.421. The highest BCUT2D eigenvalue weighted by Gasteiger charge is 2.28. The van der Waals surface area contributed by atoms with Crippen molar-refractivity contribution in [2.75, 3.05) is 23.7 Å². The van der Waals surface area contributed by atoms with E-state index in [2.05, 4.69) is 5.32 Å². The number of nitrogens with one attached hydrogen (secondary N) is 1. The normalized spacial score (nSPS) is 12.1. The molecule has 10 heteroatoms. The van der Waals surface area contributed by atoms with Crippen LogP contribution >= 0.6 is 11.6 Å². The third-order valence-electron chi connectivity index (χ3n) is 5.45. The van der Waals surface area contributed by atoms with Crippen LogP contribution in [0.15, 0.2) is 48.5 Å². The standard InChI is InChI=1S/C25H33ClFN3O4S/c1-4-15-28-25(32)23(5-2)29(18-19-11-13-21(27)14-12-19)24(31)10-7-16-30(35(3,33)34)22-9-6-8-20(26)17-22/h6,8-9,11-14,17,23H,4-5,7,10,15-16,18H2,1-3H3,(H,28,32). The van der Waals surface area contributed by atoms with Crippen LogP contribution in [0.2, 0.25) is 5.02 Å². The van der Waals surface area contributed by atoms with Crippen molar-refractivity contribution in [3.8, 4) is 0 Å². The SMILES string of the molecule is CCCNC(=O)C(CC)N(Cc1ccc(F)cc1)C(=O)CCCN(c1cccc(Cl)c1)S(C)(=O)=O. The maximum Gasteiger partial charge on any atom is 0.242 e. The number of amides is 2. The zero-order valence-corrected chi connectivity index (χ0v) is 21.9. The van der Waals surface area contributed by atoms with E-state index >= 15 is 0 Å². The Kier molecular flexibility index (Phi) is 11.0. The van der Waals surface area contributed by atoms with E-state index in [9.17, 15) is 22.4 Å². The van der Waals surface area contributed by atoms with Crippen LogP contribution in [0.3, 0.4) is 0 Å². The molecule has 0 aromatic heterocycles. The van der Waals surface area contributed by atoms with E-state index in [4.69, 9.17) is 11.6 Å². The zero-order chi connectivity index (χ0) is 26.0. The lowest BCUT2D eigenvalue weighted by Gasteiger charge is -2.31. The van der Waals surface area contributed by atoms with Gasteiger partial charge in [0.25, 0.3) is 0 Å². The molecular formula is C25H33ClFN3O4S. The van der Waals surface area contributed by atoms with Crippen molar-refractivity contribution in [1.82, 2.24) is 10.2 Å². The minimum atomic E-state index is -3.60. The molecule has 0 spiro atoms. The molecule has 0 fully saturated rings. The summed E-state index contributed by atoms with van der Waals surface area (Å²) in [6.07, 6.45) is 2.54. The number of hydrogen-bond acceptors (Lipinski definition) is 4. The van der Waals surface area contributed by atoms with Gasteiger partial charge in [0.2, 0.25) is 21.8 Å². The second kappa shape index (κ2) is 13.4. The summed E-state index contributed by atoms with van der Waals surface area (Å²) in [5.41, 5.74) is 1.11. The van der Waals surface area contributed by atoms with Crippen molar-refractivity contribution in [3.63, 3.8) is 0 Å². The van der Waals surface area contributed by atoms with Gasteiger partial charge in [0.05, 0.1) is 11.9 Å². The van der Waals surface area contributed by atoms with Crippen molar-refractivity contribution < 1.29 is 22.4 Å². The first-order chi connectivity index (χ1) is 16.6. The summed E-state index contributed by atoms with van der Waals surface area (Å²) in [5, 5.41) is 3.25. The smallest absolute Gasteiger partial charge is 0.242 e. The number of carbonyl (C=O) groups is 2. The van der Waals surface area contributed by atoms with E-state index in [1.807, 2.05) is 13.8 Å². The van der Waals surface area contributed by atoms with E-state index in [0.29, 0.717) is 29.2 Å². The molecule has 1 unspecified atom stereocenters. The molecule has 2 amide bonds. The summed E-state index contributed by atoms with van der Waals surface area (Å²) in [5.74, 6) is -0.921. The fourth-order valence-corrected chi connectivity index (χ4v) is 4.85.